The molecule has 20 heavy (non-hydrogen) atoms. The third kappa shape index (κ3) is 3.58. The SMILES string of the molecule is CN(C)CC1CCCN1C(=O)c1ccc(CCN)cc1. The Bertz CT molecular complexity index is 442. The Hall–Kier alpha value is -1.39. The number of benzene rings is 1. The zero-order valence-electron chi connectivity index (χ0n) is 12.5. The molecule has 1 aromatic carbocycles. The van der Waals surface area contributed by atoms with Gasteiger partial charge in [0.15, 0.2) is 0 Å². The van der Waals surface area contributed by atoms with Crippen LogP contribution in [0.25, 0.3) is 0 Å². The van der Waals surface area contributed by atoms with Gasteiger partial charge in [-0.1, -0.05) is 12.1 Å². The normalized spacial score (nSPS) is 18.8. The maximum absolute atomic E-state index is 12.6. The molecule has 0 aromatic heterocycles. The van der Waals surface area contributed by atoms with Gasteiger partial charge in [-0.15, -0.1) is 0 Å². The minimum atomic E-state index is 0.161. The van der Waals surface area contributed by atoms with Crippen LogP contribution in [0.3, 0.4) is 0 Å². The van der Waals surface area contributed by atoms with E-state index in [1.54, 1.807) is 0 Å². The van der Waals surface area contributed by atoms with Crippen LogP contribution in [0.1, 0.15) is 28.8 Å². The molecule has 0 radical (unpaired) electrons. The number of likely N-dealkylation sites (N-methyl/N-ethyl adjacent to an activating group) is 1. The molecule has 1 fully saturated rings. The van der Waals surface area contributed by atoms with Gasteiger partial charge in [-0.25, -0.2) is 0 Å². The van der Waals surface area contributed by atoms with Gasteiger partial charge in [0.2, 0.25) is 0 Å². The molecule has 1 atom stereocenters. The van der Waals surface area contributed by atoms with Gasteiger partial charge in [0.05, 0.1) is 0 Å². The van der Waals surface area contributed by atoms with Gasteiger partial charge < -0.3 is 15.5 Å². The van der Waals surface area contributed by atoms with Gasteiger partial charge in [0, 0.05) is 24.7 Å². The Labute approximate surface area is 121 Å². The number of rotatable bonds is 5. The molecular weight excluding hydrogens is 250 g/mol. The Morgan fingerprint density at radius 2 is 2.05 bits per heavy atom. The van der Waals surface area contributed by atoms with Crippen molar-refractivity contribution >= 4 is 5.91 Å². The van der Waals surface area contributed by atoms with Crippen molar-refractivity contribution in [3.63, 3.8) is 0 Å². The lowest BCUT2D eigenvalue weighted by Gasteiger charge is -2.27. The largest absolute Gasteiger partial charge is 0.334 e. The lowest BCUT2D eigenvalue weighted by molar-refractivity contribution is 0.0716. The molecule has 0 saturated carbocycles. The maximum atomic E-state index is 12.6. The summed E-state index contributed by atoms with van der Waals surface area (Å²) in [6.07, 6.45) is 3.08. The van der Waals surface area contributed by atoms with E-state index in [2.05, 4.69) is 19.0 Å². The Morgan fingerprint density at radius 1 is 1.35 bits per heavy atom. The molecule has 2 rings (SSSR count). The van der Waals surface area contributed by atoms with Crippen LogP contribution in [-0.2, 0) is 6.42 Å². The first-order valence-electron chi connectivity index (χ1n) is 7.36. The lowest BCUT2D eigenvalue weighted by atomic mass is 10.1. The van der Waals surface area contributed by atoms with E-state index in [0.717, 1.165) is 37.9 Å². The summed E-state index contributed by atoms with van der Waals surface area (Å²) in [5, 5.41) is 0. The fraction of sp³-hybridized carbons (Fsp3) is 0.562. The fourth-order valence-corrected chi connectivity index (χ4v) is 2.86. The van der Waals surface area contributed by atoms with Crippen LogP contribution in [0.2, 0.25) is 0 Å². The molecule has 1 amide bonds. The number of hydrogen-bond donors (Lipinski definition) is 1. The predicted molar refractivity (Wildman–Crippen MR) is 81.8 cm³/mol. The average Bonchev–Trinajstić information content (AvgIpc) is 2.86. The summed E-state index contributed by atoms with van der Waals surface area (Å²) in [7, 11) is 4.12. The molecule has 2 N–H and O–H groups in total. The van der Waals surface area contributed by atoms with Crippen LogP contribution in [0.5, 0.6) is 0 Å². The van der Waals surface area contributed by atoms with E-state index < -0.39 is 0 Å². The van der Waals surface area contributed by atoms with Gasteiger partial charge in [0.25, 0.3) is 5.91 Å². The summed E-state index contributed by atoms with van der Waals surface area (Å²) in [6, 6.07) is 8.23. The highest BCUT2D eigenvalue weighted by Gasteiger charge is 2.29. The van der Waals surface area contributed by atoms with Crippen LogP contribution in [0.4, 0.5) is 0 Å². The molecule has 1 heterocycles. The number of amides is 1. The second-order valence-electron chi connectivity index (χ2n) is 5.79. The zero-order valence-corrected chi connectivity index (χ0v) is 12.5. The molecule has 0 spiro atoms. The Kier molecular flexibility index (Phi) is 5.15. The van der Waals surface area contributed by atoms with Crippen molar-refractivity contribution in [1.29, 1.82) is 0 Å². The van der Waals surface area contributed by atoms with Gasteiger partial charge >= 0.3 is 0 Å². The third-order valence-corrected chi connectivity index (χ3v) is 3.85. The first kappa shape index (κ1) is 15.0. The molecule has 1 unspecified atom stereocenters. The standard InChI is InChI=1S/C16H25N3O/c1-18(2)12-15-4-3-11-19(15)16(20)14-7-5-13(6-8-14)9-10-17/h5-8,15H,3-4,9-12,17H2,1-2H3. The molecule has 1 saturated heterocycles. The van der Waals surface area contributed by atoms with Gasteiger partial charge in [0.1, 0.15) is 0 Å². The summed E-state index contributed by atoms with van der Waals surface area (Å²) >= 11 is 0. The van der Waals surface area contributed by atoms with Crippen LogP contribution >= 0.6 is 0 Å². The van der Waals surface area contributed by atoms with Crippen molar-refractivity contribution in [2.75, 3.05) is 33.7 Å². The number of nitrogens with zero attached hydrogens (tertiary/aromatic N) is 2. The van der Waals surface area contributed by atoms with Gasteiger partial charge in [-0.3, -0.25) is 4.79 Å². The molecule has 0 bridgehead atoms. The van der Waals surface area contributed by atoms with Gasteiger partial charge in [-0.05, 0) is 57.6 Å². The van der Waals surface area contributed by atoms with Crippen LogP contribution < -0.4 is 5.73 Å². The van der Waals surface area contributed by atoms with Crippen molar-refractivity contribution in [3.8, 4) is 0 Å². The Balaban J connectivity index is 2.05. The molecule has 4 nitrogen and oxygen atoms in total. The Morgan fingerprint density at radius 3 is 2.65 bits per heavy atom. The quantitative estimate of drug-likeness (QED) is 0.882. The fourth-order valence-electron chi connectivity index (χ4n) is 2.86. The van der Waals surface area contributed by atoms with E-state index in [1.807, 2.05) is 29.2 Å². The number of carbonyl (C=O) groups excluding carboxylic acids is 1. The van der Waals surface area contributed by atoms with Crippen molar-refractivity contribution in [3.05, 3.63) is 35.4 Å². The molecule has 4 heteroatoms. The number of hydrogen-bond acceptors (Lipinski definition) is 3. The van der Waals surface area contributed by atoms with E-state index in [1.165, 1.54) is 5.56 Å². The molecule has 1 aliphatic heterocycles. The second-order valence-corrected chi connectivity index (χ2v) is 5.79. The number of nitrogens with two attached hydrogens (primary N) is 1. The first-order chi connectivity index (χ1) is 9.61. The topological polar surface area (TPSA) is 49.6 Å². The predicted octanol–water partition coefficient (Wildman–Crippen LogP) is 1.35. The highest BCUT2D eigenvalue weighted by Crippen LogP contribution is 2.20. The van der Waals surface area contributed by atoms with Crippen molar-refractivity contribution in [2.45, 2.75) is 25.3 Å². The van der Waals surface area contributed by atoms with Crippen molar-refractivity contribution < 1.29 is 4.79 Å². The van der Waals surface area contributed by atoms with E-state index in [9.17, 15) is 4.79 Å². The number of carbonyl (C=O) groups is 1. The van der Waals surface area contributed by atoms with Crippen LogP contribution in [0, 0.1) is 0 Å². The highest BCUT2D eigenvalue weighted by atomic mass is 16.2. The van der Waals surface area contributed by atoms with E-state index in [4.69, 9.17) is 5.73 Å². The van der Waals surface area contributed by atoms with Crippen LogP contribution in [-0.4, -0.2) is 55.5 Å². The molecule has 1 aromatic rings. The summed E-state index contributed by atoms with van der Waals surface area (Å²) in [5.41, 5.74) is 7.52. The summed E-state index contributed by atoms with van der Waals surface area (Å²) in [4.78, 5) is 16.8. The van der Waals surface area contributed by atoms with Crippen molar-refractivity contribution in [2.24, 2.45) is 5.73 Å². The molecular formula is C16H25N3O. The maximum Gasteiger partial charge on any atom is 0.254 e. The minimum absolute atomic E-state index is 0.161. The minimum Gasteiger partial charge on any atom is -0.334 e. The summed E-state index contributed by atoms with van der Waals surface area (Å²) < 4.78 is 0. The monoisotopic (exact) mass is 275 g/mol. The lowest BCUT2D eigenvalue weighted by Crippen LogP contribution is -2.41. The average molecular weight is 275 g/mol. The van der Waals surface area contributed by atoms with E-state index >= 15 is 0 Å². The smallest absolute Gasteiger partial charge is 0.254 e. The molecule has 110 valence electrons. The first-order valence-corrected chi connectivity index (χ1v) is 7.36. The van der Waals surface area contributed by atoms with E-state index in [-0.39, 0.29) is 5.91 Å². The summed E-state index contributed by atoms with van der Waals surface area (Å²) in [6.45, 7) is 2.46. The van der Waals surface area contributed by atoms with E-state index in [0.29, 0.717) is 12.6 Å². The van der Waals surface area contributed by atoms with Crippen LogP contribution in [0.15, 0.2) is 24.3 Å². The molecule has 1 aliphatic rings. The highest BCUT2D eigenvalue weighted by molar-refractivity contribution is 5.94. The zero-order chi connectivity index (χ0) is 14.5. The van der Waals surface area contributed by atoms with Crippen molar-refractivity contribution in [1.82, 2.24) is 9.80 Å². The van der Waals surface area contributed by atoms with Gasteiger partial charge in [-0.2, -0.15) is 0 Å². The third-order valence-electron chi connectivity index (χ3n) is 3.85. The number of likely N-dealkylation sites (tertiary alicyclic amines) is 1. The summed E-state index contributed by atoms with van der Waals surface area (Å²) in [5.74, 6) is 0.161. The molecule has 0 aliphatic carbocycles. The second kappa shape index (κ2) is 6.86.